The highest BCUT2D eigenvalue weighted by molar-refractivity contribution is 5.92. The molecule has 0 radical (unpaired) electrons. The second-order valence-electron chi connectivity index (χ2n) is 8.71. The van der Waals surface area contributed by atoms with Crippen LogP contribution < -0.4 is 19.8 Å². The number of carbonyl (C=O) groups is 1. The molecule has 1 heterocycles. The van der Waals surface area contributed by atoms with E-state index in [0.717, 1.165) is 5.56 Å². The van der Waals surface area contributed by atoms with Crippen LogP contribution in [0.3, 0.4) is 0 Å². The van der Waals surface area contributed by atoms with Crippen LogP contribution in [-0.4, -0.2) is 36.1 Å². The number of rotatable bonds is 7. The molecule has 0 aliphatic heterocycles. The second kappa shape index (κ2) is 11.0. The van der Waals surface area contributed by atoms with Gasteiger partial charge in [-0.3, -0.25) is 4.79 Å². The third-order valence-electron chi connectivity index (χ3n) is 6.07. The van der Waals surface area contributed by atoms with Crippen LogP contribution in [0, 0.1) is 6.92 Å². The van der Waals surface area contributed by atoms with Crippen molar-refractivity contribution in [2.45, 2.75) is 6.92 Å². The normalized spacial score (nSPS) is 11.1. The third-order valence-corrected chi connectivity index (χ3v) is 6.07. The molecule has 39 heavy (non-hydrogen) atoms. The number of fused-ring (bicyclic) bond motifs is 1. The Balaban J connectivity index is 1.50. The van der Waals surface area contributed by atoms with Gasteiger partial charge < -0.3 is 14.2 Å². The third kappa shape index (κ3) is 5.40. The van der Waals surface area contributed by atoms with Crippen LogP contribution in [0.1, 0.15) is 21.5 Å². The Morgan fingerprint density at radius 1 is 0.872 bits per heavy atom. The monoisotopic (exact) mass is 519 g/mol. The van der Waals surface area contributed by atoms with Gasteiger partial charge in [0.05, 0.1) is 36.9 Å². The van der Waals surface area contributed by atoms with Crippen molar-refractivity contribution in [2.24, 2.45) is 5.10 Å². The van der Waals surface area contributed by atoms with Gasteiger partial charge in [0.15, 0.2) is 17.3 Å². The molecule has 0 unspecified atom stereocenters. The van der Waals surface area contributed by atoms with E-state index >= 15 is 0 Å². The van der Waals surface area contributed by atoms with Gasteiger partial charge in [0.25, 0.3) is 5.56 Å². The molecule has 0 spiro atoms. The lowest BCUT2D eigenvalue weighted by Gasteiger charge is -2.11. The number of hydrogen-bond acceptors (Lipinski definition) is 7. The highest BCUT2D eigenvalue weighted by Gasteiger charge is 2.15. The molecule has 0 saturated heterocycles. The van der Waals surface area contributed by atoms with Crippen LogP contribution in [0.25, 0.3) is 22.3 Å². The molecule has 1 aromatic heterocycles. The summed E-state index contributed by atoms with van der Waals surface area (Å²) in [6.07, 6.45) is 1.53. The molecular weight excluding hydrogens is 494 g/mol. The van der Waals surface area contributed by atoms with Crippen LogP contribution in [0.5, 0.6) is 17.2 Å². The summed E-state index contributed by atoms with van der Waals surface area (Å²) in [6, 6.07) is 26.5. The quantitative estimate of drug-likeness (QED) is 0.160. The molecule has 8 heteroatoms. The Bertz CT molecular complexity index is 1760. The maximum Gasteiger partial charge on any atom is 0.343 e. The van der Waals surface area contributed by atoms with E-state index in [-0.39, 0.29) is 11.3 Å². The molecule has 4 aromatic carbocycles. The minimum Gasteiger partial charge on any atom is -0.497 e. The molecule has 0 amide bonds. The van der Waals surface area contributed by atoms with Gasteiger partial charge in [-0.2, -0.15) is 9.78 Å². The fraction of sp³-hybridized carbons (Fsp3) is 0.0968. The molecule has 5 rings (SSSR count). The molecule has 0 aliphatic rings. The Labute approximate surface area is 224 Å². The molecular formula is C31H25N3O5. The van der Waals surface area contributed by atoms with Crippen LogP contribution in [0.2, 0.25) is 0 Å². The molecule has 0 N–H and O–H groups in total. The van der Waals surface area contributed by atoms with E-state index < -0.39 is 5.97 Å². The minimum absolute atomic E-state index is 0.268. The van der Waals surface area contributed by atoms with Crippen molar-refractivity contribution in [1.29, 1.82) is 0 Å². The van der Waals surface area contributed by atoms with Crippen molar-refractivity contribution in [3.63, 3.8) is 0 Å². The first-order chi connectivity index (χ1) is 19.0. The predicted octanol–water partition coefficient (Wildman–Crippen LogP) is 5.49. The Hall–Kier alpha value is -5.24. The first-order valence-corrected chi connectivity index (χ1v) is 12.1. The number of para-hydroxylation sites is 1. The predicted molar refractivity (Wildman–Crippen MR) is 150 cm³/mol. The van der Waals surface area contributed by atoms with Gasteiger partial charge in [0, 0.05) is 5.56 Å². The SMILES string of the molecule is COc1ccc(-c2nc3ccccc3c(=O)n2N=Cc2ccc(OC(=O)c3cccc(C)c3)c(OC)c2)cc1. The summed E-state index contributed by atoms with van der Waals surface area (Å²) in [5.74, 6) is 1.20. The molecule has 0 saturated carbocycles. The van der Waals surface area contributed by atoms with E-state index in [9.17, 15) is 9.59 Å². The Morgan fingerprint density at radius 3 is 2.41 bits per heavy atom. The van der Waals surface area contributed by atoms with Gasteiger partial charge in [-0.15, -0.1) is 0 Å². The molecule has 8 nitrogen and oxygen atoms in total. The fourth-order valence-corrected chi connectivity index (χ4v) is 4.06. The zero-order valence-corrected chi connectivity index (χ0v) is 21.6. The van der Waals surface area contributed by atoms with E-state index in [1.807, 2.05) is 31.2 Å². The average molecular weight is 520 g/mol. The highest BCUT2D eigenvalue weighted by atomic mass is 16.6. The summed E-state index contributed by atoms with van der Waals surface area (Å²) in [5, 5.41) is 4.94. The average Bonchev–Trinajstić information content (AvgIpc) is 2.97. The van der Waals surface area contributed by atoms with Crippen LogP contribution >= 0.6 is 0 Å². The summed E-state index contributed by atoms with van der Waals surface area (Å²) in [5.41, 5.74) is 2.99. The smallest absolute Gasteiger partial charge is 0.343 e. The van der Waals surface area contributed by atoms with Gasteiger partial charge >= 0.3 is 5.97 Å². The van der Waals surface area contributed by atoms with Crippen molar-refractivity contribution in [3.05, 3.63) is 118 Å². The molecule has 0 fully saturated rings. The van der Waals surface area contributed by atoms with Crippen LogP contribution in [-0.2, 0) is 0 Å². The van der Waals surface area contributed by atoms with E-state index in [0.29, 0.717) is 44.9 Å². The van der Waals surface area contributed by atoms with E-state index in [1.54, 1.807) is 73.8 Å². The summed E-state index contributed by atoms with van der Waals surface area (Å²) in [7, 11) is 3.08. The number of nitrogens with zero attached hydrogens (tertiary/aromatic N) is 3. The second-order valence-corrected chi connectivity index (χ2v) is 8.71. The van der Waals surface area contributed by atoms with Gasteiger partial charge in [0.2, 0.25) is 0 Å². The number of carbonyl (C=O) groups excluding carboxylic acids is 1. The van der Waals surface area contributed by atoms with Crippen LogP contribution in [0.4, 0.5) is 0 Å². The number of aromatic nitrogens is 2. The van der Waals surface area contributed by atoms with Crippen molar-refractivity contribution in [2.75, 3.05) is 14.2 Å². The molecule has 0 aliphatic carbocycles. The van der Waals surface area contributed by atoms with Crippen molar-refractivity contribution in [3.8, 4) is 28.6 Å². The van der Waals surface area contributed by atoms with E-state index in [2.05, 4.69) is 5.10 Å². The van der Waals surface area contributed by atoms with Crippen molar-refractivity contribution < 1.29 is 19.0 Å². The standard InChI is InChI=1S/C31H25N3O5/c1-20-7-6-8-23(17-20)31(36)39-27-16-11-21(18-28(27)38-3)19-32-34-29(22-12-14-24(37-2)15-13-22)33-26-10-5-4-9-25(26)30(34)35/h4-19H,1-3H3. The number of aryl methyl sites for hydroxylation is 1. The van der Waals surface area contributed by atoms with Gasteiger partial charge in [-0.05, 0) is 79.2 Å². The van der Waals surface area contributed by atoms with E-state index in [4.69, 9.17) is 19.2 Å². The first kappa shape index (κ1) is 25.4. The topological polar surface area (TPSA) is 92.0 Å². The number of ether oxygens (including phenoxy) is 3. The van der Waals surface area contributed by atoms with Crippen molar-refractivity contribution in [1.82, 2.24) is 9.66 Å². The lowest BCUT2D eigenvalue weighted by Crippen LogP contribution is -2.20. The largest absolute Gasteiger partial charge is 0.497 e. The summed E-state index contributed by atoms with van der Waals surface area (Å²) < 4.78 is 17.6. The number of esters is 1. The van der Waals surface area contributed by atoms with Crippen LogP contribution in [0.15, 0.2) is 101 Å². The summed E-state index contributed by atoms with van der Waals surface area (Å²) >= 11 is 0. The molecule has 5 aromatic rings. The highest BCUT2D eigenvalue weighted by Crippen LogP contribution is 2.29. The zero-order chi connectivity index (χ0) is 27.4. The number of hydrogen-bond donors (Lipinski definition) is 0. The number of methoxy groups -OCH3 is 2. The zero-order valence-electron chi connectivity index (χ0n) is 21.6. The summed E-state index contributed by atoms with van der Waals surface area (Å²) in [6.45, 7) is 1.90. The molecule has 0 bridgehead atoms. The molecule has 194 valence electrons. The summed E-state index contributed by atoms with van der Waals surface area (Å²) in [4.78, 5) is 30.8. The van der Waals surface area contributed by atoms with Gasteiger partial charge in [0.1, 0.15) is 5.75 Å². The Morgan fingerprint density at radius 2 is 1.67 bits per heavy atom. The van der Waals surface area contributed by atoms with Gasteiger partial charge in [-0.25, -0.2) is 9.78 Å². The lowest BCUT2D eigenvalue weighted by atomic mass is 10.1. The number of benzene rings is 4. The lowest BCUT2D eigenvalue weighted by molar-refractivity contribution is 0.0729. The van der Waals surface area contributed by atoms with Gasteiger partial charge in [-0.1, -0.05) is 29.8 Å². The maximum atomic E-state index is 13.4. The minimum atomic E-state index is -0.489. The first-order valence-electron chi connectivity index (χ1n) is 12.1. The fourth-order valence-electron chi connectivity index (χ4n) is 4.06. The van der Waals surface area contributed by atoms with Crippen molar-refractivity contribution >= 4 is 23.1 Å². The molecule has 0 atom stereocenters. The Kier molecular flexibility index (Phi) is 7.18. The van der Waals surface area contributed by atoms with E-state index in [1.165, 1.54) is 18.0 Å². The maximum absolute atomic E-state index is 13.4.